The Morgan fingerprint density at radius 3 is 2.50 bits per heavy atom. The van der Waals surface area contributed by atoms with Gasteiger partial charge in [0.2, 0.25) is 0 Å². The summed E-state index contributed by atoms with van der Waals surface area (Å²) in [7, 11) is -1.98. The maximum absolute atomic E-state index is 11.7. The quantitative estimate of drug-likeness (QED) is 0.875. The molecule has 0 aliphatic heterocycles. The lowest BCUT2D eigenvalue weighted by Gasteiger charge is -2.14. The van der Waals surface area contributed by atoms with Crippen LogP contribution in [0.5, 0.6) is 5.75 Å². The molecule has 0 aromatic heterocycles. The van der Waals surface area contributed by atoms with Gasteiger partial charge in [-0.1, -0.05) is 13.0 Å². The minimum absolute atomic E-state index is 0.113. The zero-order valence-corrected chi connectivity index (χ0v) is 11.3. The molecule has 1 aromatic carbocycles. The van der Waals surface area contributed by atoms with Gasteiger partial charge in [0.15, 0.2) is 9.84 Å². The van der Waals surface area contributed by atoms with Crippen molar-refractivity contribution in [2.75, 3.05) is 13.4 Å². The predicted molar refractivity (Wildman–Crippen MR) is 66.6 cm³/mol. The average molecular weight is 272 g/mol. The zero-order chi connectivity index (χ0) is 13.9. The minimum atomic E-state index is -3.41. The van der Waals surface area contributed by atoms with Crippen molar-refractivity contribution in [2.45, 2.75) is 18.2 Å². The lowest BCUT2D eigenvalue weighted by Crippen LogP contribution is -2.15. The molecule has 0 spiro atoms. The molecule has 1 atom stereocenters. The predicted octanol–water partition coefficient (Wildman–Crippen LogP) is 1.36. The van der Waals surface area contributed by atoms with E-state index in [0.29, 0.717) is 11.3 Å². The molecule has 0 saturated heterocycles. The van der Waals surface area contributed by atoms with Gasteiger partial charge in [0.05, 0.1) is 17.9 Å². The second-order valence-electron chi connectivity index (χ2n) is 4.15. The van der Waals surface area contributed by atoms with Crippen molar-refractivity contribution in [2.24, 2.45) is 5.92 Å². The number of sulfone groups is 1. The highest BCUT2D eigenvalue weighted by atomic mass is 32.2. The molecule has 1 unspecified atom stereocenters. The van der Waals surface area contributed by atoms with Gasteiger partial charge in [0.1, 0.15) is 5.75 Å². The molecular weight excluding hydrogens is 256 g/mol. The van der Waals surface area contributed by atoms with Crippen LogP contribution in [0.1, 0.15) is 12.5 Å². The van der Waals surface area contributed by atoms with Gasteiger partial charge in [-0.3, -0.25) is 4.79 Å². The molecule has 1 rings (SSSR count). The molecule has 0 bridgehead atoms. The van der Waals surface area contributed by atoms with E-state index in [1.54, 1.807) is 12.1 Å². The lowest BCUT2D eigenvalue weighted by atomic mass is 10.0. The van der Waals surface area contributed by atoms with E-state index < -0.39 is 21.7 Å². The third kappa shape index (κ3) is 3.22. The van der Waals surface area contributed by atoms with E-state index in [-0.39, 0.29) is 11.3 Å². The SMILES string of the molecule is COc1cccc(S(C)(=O)=O)c1CC(C)C(=O)O. The number of methoxy groups -OCH3 is 1. The van der Waals surface area contributed by atoms with Gasteiger partial charge in [-0.25, -0.2) is 8.42 Å². The summed E-state index contributed by atoms with van der Waals surface area (Å²) in [5.41, 5.74) is 0.414. The van der Waals surface area contributed by atoms with Crippen LogP contribution >= 0.6 is 0 Å². The van der Waals surface area contributed by atoms with Gasteiger partial charge in [0.25, 0.3) is 0 Å². The Bertz CT molecular complexity index is 548. The van der Waals surface area contributed by atoms with Crippen molar-refractivity contribution in [3.63, 3.8) is 0 Å². The first-order valence-electron chi connectivity index (χ1n) is 5.36. The molecule has 0 saturated carbocycles. The molecule has 100 valence electrons. The maximum atomic E-state index is 11.7. The summed E-state index contributed by atoms with van der Waals surface area (Å²) in [6.07, 6.45) is 1.21. The van der Waals surface area contributed by atoms with Gasteiger partial charge in [-0.2, -0.15) is 0 Å². The van der Waals surface area contributed by atoms with Crippen molar-refractivity contribution < 1.29 is 23.1 Å². The molecule has 1 aromatic rings. The zero-order valence-electron chi connectivity index (χ0n) is 10.5. The third-order valence-corrected chi connectivity index (χ3v) is 3.82. The van der Waals surface area contributed by atoms with E-state index in [1.807, 2.05) is 0 Å². The molecule has 0 aliphatic rings. The molecule has 0 heterocycles. The number of aliphatic carboxylic acids is 1. The first-order valence-corrected chi connectivity index (χ1v) is 7.25. The van der Waals surface area contributed by atoms with Crippen LogP contribution in [0.4, 0.5) is 0 Å². The number of carboxylic acid groups (broad SMARTS) is 1. The van der Waals surface area contributed by atoms with Crippen LogP contribution in [0, 0.1) is 5.92 Å². The number of benzene rings is 1. The Kier molecular flexibility index (Phi) is 4.34. The van der Waals surface area contributed by atoms with E-state index >= 15 is 0 Å². The second kappa shape index (κ2) is 5.39. The van der Waals surface area contributed by atoms with Gasteiger partial charge in [-0.05, 0) is 18.6 Å². The molecule has 6 heteroatoms. The number of ether oxygens (including phenoxy) is 1. The fourth-order valence-electron chi connectivity index (χ4n) is 1.68. The lowest BCUT2D eigenvalue weighted by molar-refractivity contribution is -0.141. The van der Waals surface area contributed by atoms with Crippen LogP contribution in [0.3, 0.4) is 0 Å². The summed E-state index contributed by atoms with van der Waals surface area (Å²) >= 11 is 0. The Labute approximate surface area is 106 Å². The van der Waals surface area contributed by atoms with E-state index in [4.69, 9.17) is 9.84 Å². The first kappa shape index (κ1) is 14.5. The standard InChI is InChI=1S/C12H16O5S/c1-8(12(13)14)7-9-10(17-2)5-4-6-11(9)18(3,15)16/h4-6,8H,7H2,1-3H3,(H,13,14). The number of rotatable bonds is 5. The fourth-order valence-corrected chi connectivity index (χ4v) is 2.64. The number of carboxylic acids is 1. The highest BCUT2D eigenvalue weighted by molar-refractivity contribution is 7.90. The Hall–Kier alpha value is -1.56. The summed E-state index contributed by atoms with van der Waals surface area (Å²) in [6.45, 7) is 1.53. The van der Waals surface area contributed by atoms with Gasteiger partial charge >= 0.3 is 5.97 Å². The monoisotopic (exact) mass is 272 g/mol. The summed E-state index contributed by atoms with van der Waals surface area (Å²) in [5, 5.41) is 8.91. The van der Waals surface area contributed by atoms with Crippen LogP contribution in [-0.2, 0) is 21.1 Å². The van der Waals surface area contributed by atoms with Crippen molar-refractivity contribution in [3.05, 3.63) is 23.8 Å². The summed E-state index contributed by atoms with van der Waals surface area (Å²) < 4.78 is 28.4. The molecule has 18 heavy (non-hydrogen) atoms. The Balaban J connectivity index is 3.34. The number of hydrogen-bond donors (Lipinski definition) is 1. The minimum Gasteiger partial charge on any atom is -0.496 e. The summed E-state index contributed by atoms with van der Waals surface area (Å²) in [4.78, 5) is 11.0. The van der Waals surface area contributed by atoms with Crippen LogP contribution in [0.2, 0.25) is 0 Å². The summed E-state index contributed by atoms with van der Waals surface area (Å²) in [5.74, 6) is -1.26. The van der Waals surface area contributed by atoms with Crippen molar-refractivity contribution in [3.8, 4) is 5.75 Å². The van der Waals surface area contributed by atoms with E-state index in [9.17, 15) is 13.2 Å². The smallest absolute Gasteiger partial charge is 0.306 e. The molecule has 0 aliphatic carbocycles. The normalized spacial score (nSPS) is 13.1. The average Bonchev–Trinajstić information content (AvgIpc) is 2.27. The van der Waals surface area contributed by atoms with Gasteiger partial charge < -0.3 is 9.84 Å². The van der Waals surface area contributed by atoms with E-state index in [2.05, 4.69) is 0 Å². The van der Waals surface area contributed by atoms with Crippen molar-refractivity contribution >= 4 is 15.8 Å². The second-order valence-corrected chi connectivity index (χ2v) is 6.14. The maximum Gasteiger partial charge on any atom is 0.306 e. The number of carbonyl (C=O) groups is 1. The molecule has 5 nitrogen and oxygen atoms in total. The van der Waals surface area contributed by atoms with Gasteiger partial charge in [-0.15, -0.1) is 0 Å². The molecule has 1 N–H and O–H groups in total. The van der Waals surface area contributed by atoms with Crippen molar-refractivity contribution in [1.82, 2.24) is 0 Å². The highest BCUT2D eigenvalue weighted by Gasteiger charge is 2.21. The molecular formula is C12H16O5S. The van der Waals surface area contributed by atoms with Crippen molar-refractivity contribution in [1.29, 1.82) is 0 Å². The molecule has 0 radical (unpaired) electrons. The Morgan fingerprint density at radius 2 is 2.06 bits per heavy atom. The highest BCUT2D eigenvalue weighted by Crippen LogP contribution is 2.28. The van der Waals surface area contributed by atoms with Crippen LogP contribution in [-0.4, -0.2) is 32.9 Å². The van der Waals surface area contributed by atoms with Gasteiger partial charge in [0, 0.05) is 11.8 Å². The number of hydrogen-bond acceptors (Lipinski definition) is 4. The molecule has 0 amide bonds. The topological polar surface area (TPSA) is 80.7 Å². The van der Waals surface area contributed by atoms with E-state index in [0.717, 1.165) is 6.26 Å². The van der Waals surface area contributed by atoms with Crippen LogP contribution in [0.15, 0.2) is 23.1 Å². The molecule has 0 fully saturated rings. The largest absolute Gasteiger partial charge is 0.496 e. The van der Waals surface area contributed by atoms with E-state index in [1.165, 1.54) is 20.1 Å². The Morgan fingerprint density at radius 1 is 1.44 bits per heavy atom. The van der Waals surface area contributed by atoms with Crippen LogP contribution in [0.25, 0.3) is 0 Å². The summed E-state index contributed by atoms with van der Waals surface area (Å²) in [6, 6.07) is 4.66. The van der Waals surface area contributed by atoms with Crippen LogP contribution < -0.4 is 4.74 Å². The first-order chi connectivity index (χ1) is 8.27. The fraction of sp³-hybridized carbons (Fsp3) is 0.417. The third-order valence-electron chi connectivity index (χ3n) is 2.64.